The van der Waals surface area contributed by atoms with E-state index < -0.39 is 10.5 Å². The van der Waals surface area contributed by atoms with Gasteiger partial charge in [0.25, 0.3) is 0 Å². The van der Waals surface area contributed by atoms with Crippen LogP contribution in [0.4, 0.5) is 4.70 Å². The van der Waals surface area contributed by atoms with Crippen LogP contribution in [0.25, 0.3) is 0 Å². The lowest BCUT2D eigenvalue weighted by molar-refractivity contribution is 0.620. The van der Waals surface area contributed by atoms with Gasteiger partial charge in [-0.3, -0.25) is 4.70 Å². The molecule has 0 aromatic heterocycles. The van der Waals surface area contributed by atoms with Gasteiger partial charge in [0, 0.05) is 0 Å². The second-order valence-electron chi connectivity index (χ2n) is 1.39. The van der Waals surface area contributed by atoms with Gasteiger partial charge >= 0.3 is 10.5 Å². The molecular formula is C6H8FNO2S. The Morgan fingerprint density at radius 1 is 0.818 bits per heavy atom. The fourth-order valence-electron chi connectivity index (χ4n) is 0.385. The Balaban J connectivity index is 0. The molecule has 0 heterocycles. The Labute approximate surface area is 65.5 Å². The average Bonchev–Trinajstić information content (AvgIpc) is 1.90. The second kappa shape index (κ2) is 8.77. The van der Waals surface area contributed by atoms with Crippen molar-refractivity contribution in [3.8, 4) is 0 Å². The summed E-state index contributed by atoms with van der Waals surface area (Å²) in [6.45, 7) is 0. The fourth-order valence-corrected chi connectivity index (χ4v) is 0.385. The van der Waals surface area contributed by atoms with Crippen molar-refractivity contribution in [3.63, 3.8) is 0 Å². The lowest BCUT2D eigenvalue weighted by Gasteiger charge is -1.69. The molecule has 0 amide bonds. The highest BCUT2D eigenvalue weighted by Gasteiger charge is 1.57. The Hall–Kier alpha value is -1.23. The molecule has 1 aromatic carbocycles. The van der Waals surface area contributed by atoms with E-state index >= 15 is 0 Å². The third kappa shape index (κ3) is 17.7. The minimum Gasteiger partial charge on any atom is -0.269 e. The van der Waals surface area contributed by atoms with Gasteiger partial charge in [-0.25, -0.2) is 0 Å². The highest BCUT2D eigenvalue weighted by Crippen LogP contribution is 1.79. The van der Waals surface area contributed by atoms with Crippen molar-refractivity contribution in [2.24, 2.45) is 0 Å². The molecule has 5 heteroatoms. The normalized spacial score (nSPS) is 6.55. The van der Waals surface area contributed by atoms with Gasteiger partial charge in [0.15, 0.2) is 0 Å². The summed E-state index contributed by atoms with van der Waals surface area (Å²) in [5.41, 5.74) is 0. The molecule has 0 aliphatic rings. The summed E-state index contributed by atoms with van der Waals surface area (Å²) in [5.74, 6) is 0. The van der Waals surface area contributed by atoms with Gasteiger partial charge in [-0.1, -0.05) is 36.4 Å². The minimum atomic E-state index is -2.61. The zero-order valence-corrected chi connectivity index (χ0v) is 6.41. The van der Waals surface area contributed by atoms with Crippen LogP contribution in [-0.2, 0) is 10.5 Å². The lowest BCUT2D eigenvalue weighted by atomic mass is 10.4. The first kappa shape index (κ1) is 12.4. The summed E-state index contributed by atoms with van der Waals surface area (Å²) in [7, 11) is -2.61. The molecule has 1 rings (SSSR count). The van der Waals surface area contributed by atoms with Crippen LogP contribution in [0.3, 0.4) is 0 Å². The standard InChI is InChI=1S/C6H6.FH.HNO2S/c1-2-4-6-5-3-1;;1-4(2)3/h1-6H;1H;1H. The molecule has 3 nitrogen and oxygen atoms in total. The van der Waals surface area contributed by atoms with Crippen molar-refractivity contribution in [3.05, 3.63) is 36.4 Å². The summed E-state index contributed by atoms with van der Waals surface area (Å²) in [6.07, 6.45) is 0. The molecule has 0 bridgehead atoms. The average molecular weight is 177 g/mol. The van der Waals surface area contributed by atoms with Crippen LogP contribution in [0.15, 0.2) is 36.4 Å². The largest absolute Gasteiger partial charge is 0.308 e. The molecule has 0 aliphatic heterocycles. The van der Waals surface area contributed by atoms with Crippen LogP contribution in [0.1, 0.15) is 0 Å². The number of benzene rings is 1. The van der Waals surface area contributed by atoms with Gasteiger partial charge in [0.2, 0.25) is 0 Å². The number of hydrogen-bond acceptors (Lipinski definition) is 3. The summed E-state index contributed by atoms with van der Waals surface area (Å²) in [4.78, 5) is 0. The quantitative estimate of drug-likeness (QED) is 0.652. The molecule has 0 radical (unpaired) electrons. The van der Waals surface area contributed by atoms with Crippen LogP contribution >= 0.6 is 0 Å². The topological polar surface area (TPSA) is 58.0 Å². The third-order valence-electron chi connectivity index (χ3n) is 0.667. The van der Waals surface area contributed by atoms with Gasteiger partial charge in [-0.15, -0.1) is 0 Å². The third-order valence-corrected chi connectivity index (χ3v) is 0.667. The summed E-state index contributed by atoms with van der Waals surface area (Å²) >= 11 is 0. The van der Waals surface area contributed by atoms with Crippen LogP contribution < -0.4 is 0 Å². The van der Waals surface area contributed by atoms with Crippen molar-refractivity contribution in [1.29, 1.82) is 4.78 Å². The van der Waals surface area contributed by atoms with Crippen LogP contribution in [0.2, 0.25) is 0 Å². The number of rotatable bonds is 0. The molecule has 1 N–H and O–H groups in total. The molecule has 1 aromatic rings. The highest BCUT2D eigenvalue weighted by molar-refractivity contribution is 7.60. The van der Waals surface area contributed by atoms with Gasteiger partial charge in [-0.2, -0.15) is 13.2 Å². The Morgan fingerprint density at radius 3 is 1.00 bits per heavy atom. The molecule has 0 saturated carbocycles. The highest BCUT2D eigenvalue weighted by atomic mass is 32.2. The second-order valence-corrected chi connectivity index (χ2v) is 1.86. The van der Waals surface area contributed by atoms with E-state index in [1.54, 1.807) is 0 Å². The maximum atomic E-state index is 8.67. The summed E-state index contributed by atoms with van der Waals surface area (Å²) in [6, 6.07) is 12.0. The monoisotopic (exact) mass is 177 g/mol. The Bertz CT molecular complexity index is 223. The first-order valence-corrected chi connectivity index (χ1v) is 3.61. The van der Waals surface area contributed by atoms with Crippen molar-refractivity contribution in [2.75, 3.05) is 0 Å². The Morgan fingerprint density at radius 2 is 0.909 bits per heavy atom. The van der Waals surface area contributed by atoms with Crippen molar-refractivity contribution in [2.45, 2.75) is 0 Å². The maximum absolute atomic E-state index is 8.67. The summed E-state index contributed by atoms with van der Waals surface area (Å²) < 4.78 is 22.8. The van der Waals surface area contributed by atoms with E-state index in [1.807, 2.05) is 36.4 Å². The van der Waals surface area contributed by atoms with Gasteiger partial charge in [0.05, 0.1) is 0 Å². The molecule has 0 spiro atoms. The first-order valence-electron chi connectivity index (χ1n) is 2.54. The molecule has 62 valence electrons. The SMILES string of the molecule is F.N=S(=O)=O.c1ccccc1. The lowest BCUT2D eigenvalue weighted by Crippen LogP contribution is -1.47. The van der Waals surface area contributed by atoms with Gasteiger partial charge in [0.1, 0.15) is 0 Å². The molecular weight excluding hydrogens is 169 g/mol. The molecule has 0 fully saturated rings. The number of hydrogen-bond donors (Lipinski definition) is 1. The van der Waals surface area contributed by atoms with E-state index in [0.717, 1.165) is 0 Å². The van der Waals surface area contributed by atoms with E-state index in [-0.39, 0.29) is 4.70 Å². The van der Waals surface area contributed by atoms with E-state index in [4.69, 9.17) is 13.2 Å². The summed E-state index contributed by atoms with van der Waals surface area (Å²) in [5, 5.41) is 0. The predicted molar refractivity (Wildman–Crippen MR) is 40.6 cm³/mol. The fraction of sp³-hybridized carbons (Fsp3) is 0. The van der Waals surface area contributed by atoms with Crippen molar-refractivity contribution < 1.29 is 13.1 Å². The van der Waals surface area contributed by atoms with Crippen LogP contribution in [-0.4, -0.2) is 8.42 Å². The van der Waals surface area contributed by atoms with E-state index in [1.165, 1.54) is 0 Å². The minimum absolute atomic E-state index is 0. The van der Waals surface area contributed by atoms with Crippen molar-refractivity contribution in [1.82, 2.24) is 0 Å². The van der Waals surface area contributed by atoms with Crippen molar-refractivity contribution >= 4 is 10.5 Å². The number of nitrogens with one attached hydrogen (secondary N) is 1. The Kier molecular flexibility index (Phi) is 9.92. The van der Waals surface area contributed by atoms with E-state index in [9.17, 15) is 0 Å². The molecule has 11 heavy (non-hydrogen) atoms. The molecule has 0 unspecified atom stereocenters. The smallest absolute Gasteiger partial charge is 0.269 e. The zero-order valence-electron chi connectivity index (χ0n) is 5.60. The van der Waals surface area contributed by atoms with E-state index in [2.05, 4.69) is 0 Å². The van der Waals surface area contributed by atoms with Crippen LogP contribution in [0.5, 0.6) is 0 Å². The van der Waals surface area contributed by atoms with Gasteiger partial charge in [-0.05, 0) is 0 Å². The number of halogens is 1. The molecule has 0 aliphatic carbocycles. The predicted octanol–water partition coefficient (Wildman–Crippen LogP) is 1.47. The maximum Gasteiger partial charge on any atom is 0.308 e. The van der Waals surface area contributed by atoms with E-state index in [0.29, 0.717) is 0 Å². The van der Waals surface area contributed by atoms with Gasteiger partial charge < -0.3 is 0 Å². The molecule has 0 saturated heterocycles. The first-order chi connectivity index (χ1) is 4.73. The molecule has 0 atom stereocenters. The van der Waals surface area contributed by atoms with Crippen LogP contribution in [0, 0.1) is 4.78 Å². The zero-order chi connectivity index (χ0) is 7.82.